The number of carbonyl (C=O) groups excluding carboxylic acids is 1. The van der Waals surface area contributed by atoms with Crippen molar-refractivity contribution in [3.05, 3.63) is 83.2 Å². The number of carbonyl (C=O) groups is 1. The Morgan fingerprint density at radius 3 is 2.77 bits per heavy atom. The lowest BCUT2D eigenvalue weighted by Crippen LogP contribution is -2.24. The van der Waals surface area contributed by atoms with Gasteiger partial charge in [-0.3, -0.25) is 9.78 Å². The number of rotatable bonds is 6. The SMILES string of the molecule is Cc1cc(-c2ccc(CN3Cc4cccc(OCC5CCCO5)c4C3=O)cc2)ccn1. The number of fused-ring (bicyclic) bond motifs is 1. The molecule has 0 aliphatic carbocycles. The van der Waals surface area contributed by atoms with Crippen molar-refractivity contribution in [2.75, 3.05) is 13.2 Å². The molecule has 0 spiro atoms. The van der Waals surface area contributed by atoms with E-state index >= 15 is 0 Å². The van der Waals surface area contributed by atoms with E-state index in [2.05, 4.69) is 35.3 Å². The first kappa shape index (κ1) is 19.8. The van der Waals surface area contributed by atoms with Crippen molar-refractivity contribution in [1.29, 1.82) is 0 Å². The highest BCUT2D eigenvalue weighted by molar-refractivity contribution is 6.01. The summed E-state index contributed by atoms with van der Waals surface area (Å²) in [5, 5.41) is 0. The van der Waals surface area contributed by atoms with E-state index < -0.39 is 0 Å². The van der Waals surface area contributed by atoms with Gasteiger partial charge in [-0.05, 0) is 60.2 Å². The fourth-order valence-corrected chi connectivity index (χ4v) is 4.34. The molecule has 1 fully saturated rings. The molecular formula is C26H26N2O3. The van der Waals surface area contributed by atoms with Crippen molar-refractivity contribution in [1.82, 2.24) is 9.88 Å². The number of pyridine rings is 1. The molecule has 2 aliphatic heterocycles. The van der Waals surface area contributed by atoms with Gasteiger partial charge in [-0.15, -0.1) is 0 Å². The van der Waals surface area contributed by atoms with Crippen LogP contribution in [-0.4, -0.2) is 35.1 Å². The molecule has 5 heteroatoms. The highest BCUT2D eigenvalue weighted by Gasteiger charge is 2.31. The van der Waals surface area contributed by atoms with Gasteiger partial charge < -0.3 is 14.4 Å². The van der Waals surface area contributed by atoms with Crippen LogP contribution in [0, 0.1) is 6.92 Å². The smallest absolute Gasteiger partial charge is 0.258 e. The standard InChI is InChI=1S/C26H26N2O3/c1-18-14-21(11-12-27-18)20-9-7-19(8-10-20)15-28-16-22-4-2-6-24(25(22)26(28)29)31-17-23-5-3-13-30-23/h2,4,6-12,14,23H,3,5,13,15-17H2,1H3. The second-order valence-corrected chi connectivity index (χ2v) is 8.28. The second-order valence-electron chi connectivity index (χ2n) is 8.28. The maximum absolute atomic E-state index is 13.2. The van der Waals surface area contributed by atoms with E-state index in [1.54, 1.807) is 0 Å². The summed E-state index contributed by atoms with van der Waals surface area (Å²) in [6.07, 6.45) is 4.06. The normalized spacial score (nSPS) is 17.8. The van der Waals surface area contributed by atoms with Gasteiger partial charge in [0.05, 0.1) is 11.7 Å². The Hall–Kier alpha value is -3.18. The van der Waals surface area contributed by atoms with Crippen LogP contribution in [0.5, 0.6) is 5.75 Å². The van der Waals surface area contributed by atoms with E-state index in [4.69, 9.17) is 9.47 Å². The number of aryl methyl sites for hydroxylation is 1. The number of ether oxygens (including phenoxy) is 2. The maximum Gasteiger partial charge on any atom is 0.258 e. The lowest BCUT2D eigenvalue weighted by molar-refractivity contribution is 0.0659. The zero-order chi connectivity index (χ0) is 21.2. The third kappa shape index (κ3) is 4.19. The van der Waals surface area contributed by atoms with Gasteiger partial charge in [-0.25, -0.2) is 0 Å². The number of nitrogens with zero attached hydrogens (tertiary/aromatic N) is 2. The lowest BCUT2D eigenvalue weighted by Gasteiger charge is -2.17. The Morgan fingerprint density at radius 1 is 1.13 bits per heavy atom. The number of aromatic nitrogens is 1. The summed E-state index contributed by atoms with van der Waals surface area (Å²) in [5.41, 5.74) is 6.13. The molecule has 1 unspecified atom stereocenters. The van der Waals surface area contributed by atoms with Crippen molar-refractivity contribution in [2.45, 2.75) is 39.0 Å². The molecule has 5 nitrogen and oxygen atoms in total. The van der Waals surface area contributed by atoms with Crippen molar-refractivity contribution in [2.24, 2.45) is 0 Å². The minimum atomic E-state index is 0.0341. The zero-order valence-corrected chi connectivity index (χ0v) is 17.7. The van der Waals surface area contributed by atoms with Crippen LogP contribution in [0.1, 0.15) is 40.0 Å². The summed E-state index contributed by atoms with van der Waals surface area (Å²) < 4.78 is 11.6. The molecule has 1 atom stereocenters. The van der Waals surface area contributed by atoms with Crippen LogP contribution in [-0.2, 0) is 17.8 Å². The van der Waals surface area contributed by atoms with Crippen LogP contribution in [0.15, 0.2) is 60.8 Å². The highest BCUT2D eigenvalue weighted by Crippen LogP contribution is 2.32. The summed E-state index contributed by atoms with van der Waals surface area (Å²) in [7, 11) is 0. The molecule has 0 bridgehead atoms. The summed E-state index contributed by atoms with van der Waals surface area (Å²) >= 11 is 0. The van der Waals surface area contributed by atoms with Crippen molar-refractivity contribution >= 4 is 5.91 Å². The minimum absolute atomic E-state index is 0.0341. The number of hydrogen-bond acceptors (Lipinski definition) is 4. The fourth-order valence-electron chi connectivity index (χ4n) is 4.34. The molecule has 2 aliphatic rings. The van der Waals surface area contributed by atoms with E-state index in [9.17, 15) is 4.79 Å². The third-order valence-corrected chi connectivity index (χ3v) is 5.98. The first-order chi connectivity index (χ1) is 15.2. The zero-order valence-electron chi connectivity index (χ0n) is 17.7. The van der Waals surface area contributed by atoms with Crippen LogP contribution >= 0.6 is 0 Å². The Kier molecular flexibility index (Phi) is 5.43. The van der Waals surface area contributed by atoms with Gasteiger partial charge >= 0.3 is 0 Å². The summed E-state index contributed by atoms with van der Waals surface area (Å²) in [6, 6.07) is 18.4. The predicted octanol–water partition coefficient (Wildman–Crippen LogP) is 4.77. The molecule has 0 N–H and O–H groups in total. The van der Waals surface area contributed by atoms with Gasteiger partial charge in [0, 0.05) is 31.6 Å². The summed E-state index contributed by atoms with van der Waals surface area (Å²) in [4.78, 5) is 19.3. The number of hydrogen-bond donors (Lipinski definition) is 0. The quantitative estimate of drug-likeness (QED) is 0.583. The predicted molar refractivity (Wildman–Crippen MR) is 119 cm³/mol. The minimum Gasteiger partial charge on any atom is -0.490 e. The molecule has 3 aromatic rings. The van der Waals surface area contributed by atoms with E-state index in [1.165, 1.54) is 0 Å². The highest BCUT2D eigenvalue weighted by atomic mass is 16.5. The molecule has 158 valence electrons. The Bertz CT molecular complexity index is 1090. The molecule has 5 rings (SSSR count). The summed E-state index contributed by atoms with van der Waals surface area (Å²) in [6.45, 7) is 4.48. The van der Waals surface area contributed by atoms with Crippen molar-refractivity contribution < 1.29 is 14.3 Å². The molecule has 1 amide bonds. The fraction of sp³-hybridized carbons (Fsp3) is 0.308. The molecule has 1 aromatic heterocycles. The Balaban J connectivity index is 1.28. The van der Waals surface area contributed by atoms with Gasteiger partial charge in [0.1, 0.15) is 12.4 Å². The van der Waals surface area contributed by atoms with Gasteiger partial charge in [0.15, 0.2) is 0 Å². The van der Waals surface area contributed by atoms with E-state index in [0.29, 0.717) is 31.0 Å². The number of amides is 1. The van der Waals surface area contributed by atoms with Crippen LogP contribution in [0.25, 0.3) is 11.1 Å². The van der Waals surface area contributed by atoms with Crippen LogP contribution in [0.3, 0.4) is 0 Å². The van der Waals surface area contributed by atoms with E-state index in [0.717, 1.165) is 47.4 Å². The molecule has 0 saturated carbocycles. The van der Waals surface area contributed by atoms with Gasteiger partial charge in [0.2, 0.25) is 0 Å². The molecule has 0 radical (unpaired) electrons. The van der Waals surface area contributed by atoms with Gasteiger partial charge in [-0.1, -0.05) is 36.4 Å². The largest absolute Gasteiger partial charge is 0.490 e. The maximum atomic E-state index is 13.2. The molecule has 1 saturated heterocycles. The monoisotopic (exact) mass is 414 g/mol. The van der Waals surface area contributed by atoms with Crippen LogP contribution in [0.2, 0.25) is 0 Å². The number of benzene rings is 2. The average molecular weight is 415 g/mol. The molecule has 31 heavy (non-hydrogen) atoms. The van der Waals surface area contributed by atoms with Gasteiger partial charge in [0.25, 0.3) is 5.91 Å². The second kappa shape index (κ2) is 8.52. The van der Waals surface area contributed by atoms with Crippen molar-refractivity contribution in [3.8, 4) is 16.9 Å². The molecule has 2 aromatic carbocycles. The first-order valence-corrected chi connectivity index (χ1v) is 10.8. The third-order valence-electron chi connectivity index (χ3n) is 5.98. The average Bonchev–Trinajstić information content (AvgIpc) is 3.41. The van der Waals surface area contributed by atoms with E-state index in [1.807, 2.05) is 42.3 Å². The van der Waals surface area contributed by atoms with Crippen LogP contribution in [0.4, 0.5) is 0 Å². The van der Waals surface area contributed by atoms with Crippen molar-refractivity contribution in [3.63, 3.8) is 0 Å². The molecule has 3 heterocycles. The first-order valence-electron chi connectivity index (χ1n) is 10.8. The Morgan fingerprint density at radius 2 is 2.00 bits per heavy atom. The van der Waals surface area contributed by atoms with Gasteiger partial charge in [-0.2, -0.15) is 0 Å². The summed E-state index contributed by atoms with van der Waals surface area (Å²) in [5.74, 6) is 0.704. The Labute approximate surface area is 182 Å². The molecular weight excluding hydrogens is 388 g/mol. The van der Waals surface area contributed by atoms with E-state index in [-0.39, 0.29) is 12.0 Å². The topological polar surface area (TPSA) is 51.7 Å². The lowest BCUT2D eigenvalue weighted by atomic mass is 10.0. The van der Waals surface area contributed by atoms with Crippen LogP contribution < -0.4 is 4.74 Å².